The molecule has 0 fully saturated rings. The predicted molar refractivity (Wildman–Crippen MR) is 126 cm³/mol. The summed E-state index contributed by atoms with van der Waals surface area (Å²) < 4.78 is 64.7. The molecule has 38 heavy (non-hydrogen) atoms. The molecule has 2 aliphatic heterocycles. The van der Waals surface area contributed by atoms with Gasteiger partial charge < -0.3 is 24.0 Å². The molecule has 2 N–H and O–H groups in total. The SMILES string of the molecule is CCOc1ccc2c(c1)Oc1cc(O[P+](=O)OP(=O)(O)OP(=O)([O-])O)ccc1C21OC(=O)c2ccccc21. The van der Waals surface area contributed by atoms with Crippen molar-refractivity contribution in [3.63, 3.8) is 0 Å². The highest BCUT2D eigenvalue weighted by Gasteiger charge is 2.53. The Morgan fingerprint density at radius 2 is 1.61 bits per heavy atom. The number of benzene rings is 3. The first-order valence-corrected chi connectivity index (χ1v) is 14.9. The first kappa shape index (κ1) is 26.5. The minimum atomic E-state index is -5.67. The molecule has 0 saturated heterocycles. The molecule has 3 aromatic carbocycles. The van der Waals surface area contributed by atoms with Crippen molar-refractivity contribution in [2.75, 3.05) is 6.61 Å². The Bertz CT molecular complexity index is 1570. The fourth-order valence-corrected chi connectivity index (χ4v) is 6.81. The molecule has 0 bridgehead atoms. The highest BCUT2D eigenvalue weighted by atomic mass is 31.3. The first-order valence-electron chi connectivity index (χ1n) is 10.8. The molecule has 2 heterocycles. The van der Waals surface area contributed by atoms with E-state index in [-0.39, 0.29) is 11.5 Å². The number of phosphoric acid groups is 2. The molecular weight excluding hydrogens is 565 g/mol. The van der Waals surface area contributed by atoms with E-state index in [1.807, 2.05) is 6.92 Å². The van der Waals surface area contributed by atoms with E-state index in [0.717, 1.165) is 0 Å². The fourth-order valence-electron chi connectivity index (χ4n) is 4.28. The maximum atomic E-state index is 12.9. The second kappa shape index (κ2) is 9.57. The van der Waals surface area contributed by atoms with Gasteiger partial charge in [-0.25, -0.2) is 18.2 Å². The monoisotopic (exact) mass is 582 g/mol. The highest BCUT2D eigenvalue weighted by molar-refractivity contribution is 7.63. The first-order chi connectivity index (χ1) is 17.9. The van der Waals surface area contributed by atoms with E-state index in [1.165, 1.54) is 18.2 Å². The average molecular weight is 582 g/mol. The molecular formula is C22H17O13P3. The lowest BCUT2D eigenvalue weighted by Crippen LogP contribution is -2.33. The molecule has 0 aliphatic carbocycles. The van der Waals surface area contributed by atoms with Crippen molar-refractivity contribution < 1.29 is 60.5 Å². The van der Waals surface area contributed by atoms with Crippen LogP contribution in [0.1, 0.15) is 34.0 Å². The fraction of sp³-hybridized carbons (Fsp3) is 0.136. The average Bonchev–Trinajstić information content (AvgIpc) is 3.10. The van der Waals surface area contributed by atoms with Gasteiger partial charge in [0.25, 0.3) is 7.82 Å². The maximum absolute atomic E-state index is 12.9. The second-order valence-electron chi connectivity index (χ2n) is 7.88. The van der Waals surface area contributed by atoms with Gasteiger partial charge in [-0.2, -0.15) is 0 Å². The van der Waals surface area contributed by atoms with Crippen LogP contribution in [0, 0.1) is 0 Å². The molecule has 0 aromatic heterocycles. The smallest absolute Gasteiger partial charge is 0.756 e. The molecule has 5 rings (SSSR count). The van der Waals surface area contributed by atoms with Gasteiger partial charge in [-0.3, -0.25) is 9.46 Å². The molecule has 13 nitrogen and oxygen atoms in total. The van der Waals surface area contributed by atoms with E-state index in [1.54, 1.807) is 42.5 Å². The Kier molecular flexibility index (Phi) is 6.67. The molecule has 16 heteroatoms. The summed E-state index contributed by atoms with van der Waals surface area (Å²) in [6, 6.07) is 16.0. The third-order valence-corrected chi connectivity index (χ3v) is 8.89. The molecule has 0 amide bonds. The van der Waals surface area contributed by atoms with Crippen molar-refractivity contribution >= 4 is 29.9 Å². The number of fused-ring (bicyclic) bond motifs is 6. The van der Waals surface area contributed by atoms with Gasteiger partial charge >= 0.3 is 22.0 Å². The normalized spacial score (nSPS) is 20.6. The van der Waals surface area contributed by atoms with Crippen LogP contribution < -0.4 is 18.9 Å². The summed E-state index contributed by atoms with van der Waals surface area (Å²) >= 11 is 0. The van der Waals surface area contributed by atoms with E-state index >= 15 is 0 Å². The van der Waals surface area contributed by atoms with Gasteiger partial charge in [0.05, 0.1) is 12.2 Å². The van der Waals surface area contributed by atoms with Crippen LogP contribution in [0.2, 0.25) is 0 Å². The second-order valence-corrected chi connectivity index (χ2v) is 11.7. The van der Waals surface area contributed by atoms with Gasteiger partial charge in [-0.1, -0.05) is 18.2 Å². The van der Waals surface area contributed by atoms with Gasteiger partial charge in [-0.15, -0.1) is 0 Å². The van der Waals surface area contributed by atoms with E-state index < -0.39 is 35.5 Å². The molecule has 4 atom stereocenters. The van der Waals surface area contributed by atoms with Crippen molar-refractivity contribution in [1.29, 1.82) is 0 Å². The van der Waals surface area contributed by atoms with Crippen LogP contribution in [0.5, 0.6) is 23.0 Å². The Morgan fingerprint density at radius 3 is 2.26 bits per heavy atom. The number of carbonyl (C=O) groups is 1. The van der Waals surface area contributed by atoms with Crippen molar-refractivity contribution in [2.45, 2.75) is 12.5 Å². The lowest BCUT2D eigenvalue weighted by molar-refractivity contribution is -0.212. The lowest BCUT2D eigenvalue weighted by Gasteiger charge is -2.36. The number of hydrogen-bond donors (Lipinski definition) is 2. The molecule has 4 unspecified atom stereocenters. The Labute approximate surface area is 215 Å². The van der Waals surface area contributed by atoms with E-state index in [2.05, 4.69) is 8.62 Å². The predicted octanol–water partition coefficient (Wildman–Crippen LogP) is 4.28. The highest BCUT2D eigenvalue weighted by Crippen LogP contribution is 2.61. The minimum Gasteiger partial charge on any atom is -0.756 e. The number of esters is 1. The van der Waals surface area contributed by atoms with E-state index in [9.17, 15) is 28.3 Å². The lowest BCUT2D eigenvalue weighted by atomic mass is 9.77. The van der Waals surface area contributed by atoms with Gasteiger partial charge in [0, 0.05) is 37.7 Å². The number of ether oxygens (including phenoxy) is 3. The zero-order chi connectivity index (χ0) is 27.3. The summed E-state index contributed by atoms with van der Waals surface area (Å²) in [5, 5.41) is 0. The minimum absolute atomic E-state index is 0.124. The van der Waals surface area contributed by atoms with Gasteiger partial charge in [0.15, 0.2) is 11.4 Å². The van der Waals surface area contributed by atoms with Crippen molar-refractivity contribution in [3.8, 4) is 23.0 Å². The number of hydrogen-bond acceptors (Lipinski definition) is 11. The van der Waals surface area contributed by atoms with Crippen molar-refractivity contribution in [2.24, 2.45) is 0 Å². The van der Waals surface area contributed by atoms with Gasteiger partial charge in [0.2, 0.25) is 0 Å². The summed E-state index contributed by atoms with van der Waals surface area (Å²) in [5.41, 5.74) is 0.450. The van der Waals surface area contributed by atoms with E-state index in [4.69, 9.17) is 23.6 Å². The molecule has 1 spiro atoms. The van der Waals surface area contributed by atoms with Crippen molar-refractivity contribution in [3.05, 3.63) is 82.9 Å². The molecule has 198 valence electrons. The Hall–Kier alpha value is -3.11. The van der Waals surface area contributed by atoms with Crippen LogP contribution in [0.25, 0.3) is 0 Å². The molecule has 2 aliphatic rings. The number of carbonyl (C=O) groups excluding carboxylic acids is 1. The summed E-state index contributed by atoms with van der Waals surface area (Å²) in [6.45, 7) is 2.20. The summed E-state index contributed by atoms with van der Waals surface area (Å²) in [7, 11) is -14.6. The zero-order valence-electron chi connectivity index (χ0n) is 19.2. The topological polar surface area (TPSA) is 187 Å². The van der Waals surface area contributed by atoms with Gasteiger partial charge in [-0.05, 0) is 37.3 Å². The Balaban J connectivity index is 1.55. The largest absolute Gasteiger partial charge is 0.761 e. The summed E-state index contributed by atoms with van der Waals surface area (Å²) in [6.07, 6.45) is 0. The summed E-state index contributed by atoms with van der Waals surface area (Å²) in [4.78, 5) is 41.5. The Morgan fingerprint density at radius 1 is 0.974 bits per heavy atom. The molecule has 0 saturated carbocycles. The van der Waals surface area contributed by atoms with Crippen LogP contribution in [0.15, 0.2) is 60.7 Å². The molecule has 0 radical (unpaired) electrons. The van der Waals surface area contributed by atoms with Crippen LogP contribution in [-0.4, -0.2) is 22.4 Å². The van der Waals surface area contributed by atoms with Crippen LogP contribution >= 0.6 is 23.9 Å². The standard InChI is InChI=1S/C22H17O13P3/c1-2-30-13-7-9-17-19(11-13)31-20-12-14(33-36(24)34-38(28,29)35-37(25,26)27)8-10-18(20)22(17)16-6-4-3-5-15(16)21(23)32-22/h3-12H,2H2,1H3,(H2-,25,26,27,28,29). The zero-order valence-corrected chi connectivity index (χ0v) is 21.9. The van der Waals surface area contributed by atoms with Gasteiger partial charge in [0.1, 0.15) is 17.2 Å². The third-order valence-electron chi connectivity index (χ3n) is 5.52. The van der Waals surface area contributed by atoms with Crippen molar-refractivity contribution in [1.82, 2.24) is 0 Å². The van der Waals surface area contributed by atoms with Crippen LogP contribution in [0.3, 0.4) is 0 Å². The third kappa shape index (κ3) is 4.87. The maximum Gasteiger partial charge on any atom is 0.761 e. The van der Waals surface area contributed by atoms with E-state index in [0.29, 0.717) is 40.4 Å². The number of rotatable bonds is 8. The van der Waals surface area contributed by atoms with Crippen LogP contribution in [0.4, 0.5) is 0 Å². The summed E-state index contributed by atoms with van der Waals surface area (Å²) in [5.74, 6) is 0.178. The quantitative estimate of drug-likeness (QED) is 0.283. The van der Waals surface area contributed by atoms with Crippen LogP contribution in [-0.2, 0) is 32.7 Å². The molecule has 3 aromatic rings.